The summed E-state index contributed by atoms with van der Waals surface area (Å²) in [5.74, 6) is 0.231. The summed E-state index contributed by atoms with van der Waals surface area (Å²) in [6.45, 7) is 2.00. The Morgan fingerprint density at radius 1 is 1.00 bits per heavy atom. The number of carbonyl (C=O) groups excluding carboxylic acids is 2. The van der Waals surface area contributed by atoms with E-state index in [0.29, 0.717) is 29.4 Å². The number of rotatable bonds is 7. The Balaban J connectivity index is 1.53. The van der Waals surface area contributed by atoms with Crippen LogP contribution in [-0.4, -0.2) is 28.4 Å². The zero-order chi connectivity index (χ0) is 19.9. The number of ketones is 1. The molecule has 0 spiro atoms. The molecule has 2 N–H and O–H groups in total. The lowest BCUT2D eigenvalue weighted by molar-refractivity contribution is 0.0947. The maximum Gasteiger partial charge on any atom is 0.271 e. The van der Waals surface area contributed by atoms with Gasteiger partial charge >= 0.3 is 0 Å². The monoisotopic (exact) mass is 394 g/mol. The van der Waals surface area contributed by atoms with Crippen molar-refractivity contribution in [3.8, 4) is 0 Å². The summed E-state index contributed by atoms with van der Waals surface area (Å²) in [4.78, 5) is 23.5. The summed E-state index contributed by atoms with van der Waals surface area (Å²) < 4.78 is 0. The lowest BCUT2D eigenvalue weighted by atomic mass is 10.1. The van der Waals surface area contributed by atoms with Gasteiger partial charge in [0.1, 0.15) is 0 Å². The van der Waals surface area contributed by atoms with Crippen molar-refractivity contribution < 1.29 is 9.59 Å². The van der Waals surface area contributed by atoms with E-state index in [1.807, 2.05) is 24.3 Å². The number of Topliss-reactive ketones (excluding diaryl/α,β-unsaturated/α-hetero) is 1. The van der Waals surface area contributed by atoms with Gasteiger partial charge in [-0.25, -0.2) is 0 Å². The fourth-order valence-corrected chi connectivity index (χ4v) is 2.77. The van der Waals surface area contributed by atoms with Crippen LogP contribution in [0.2, 0.25) is 5.02 Å². The van der Waals surface area contributed by atoms with E-state index in [-0.39, 0.29) is 17.4 Å². The lowest BCUT2D eigenvalue weighted by Gasteiger charge is -2.07. The van der Waals surface area contributed by atoms with Crippen LogP contribution in [0.15, 0.2) is 60.7 Å². The van der Waals surface area contributed by atoms with Crippen molar-refractivity contribution in [3.63, 3.8) is 0 Å². The summed E-state index contributed by atoms with van der Waals surface area (Å²) in [7, 11) is 0. The van der Waals surface area contributed by atoms with Crippen LogP contribution in [0.5, 0.6) is 0 Å². The summed E-state index contributed by atoms with van der Waals surface area (Å²) in [6.07, 6.45) is 0.676. The van der Waals surface area contributed by atoms with Crippen molar-refractivity contribution in [2.45, 2.75) is 13.3 Å². The van der Waals surface area contributed by atoms with Crippen LogP contribution in [-0.2, 0) is 6.42 Å². The van der Waals surface area contributed by atoms with Gasteiger partial charge in [0.2, 0.25) is 0 Å². The molecule has 0 fully saturated rings. The molecule has 0 aliphatic rings. The zero-order valence-electron chi connectivity index (χ0n) is 15.3. The first-order valence-electron chi connectivity index (χ1n) is 8.75. The van der Waals surface area contributed by atoms with Gasteiger partial charge in [-0.3, -0.25) is 9.59 Å². The smallest absolute Gasteiger partial charge is 0.271 e. The van der Waals surface area contributed by atoms with Gasteiger partial charge in [0.25, 0.3) is 5.91 Å². The number of carbonyl (C=O) groups is 2. The second-order valence-electron chi connectivity index (χ2n) is 6.20. The third-order valence-corrected chi connectivity index (χ3v) is 4.28. The van der Waals surface area contributed by atoms with Crippen molar-refractivity contribution in [1.29, 1.82) is 0 Å². The Kier molecular flexibility index (Phi) is 6.34. The van der Waals surface area contributed by atoms with Gasteiger partial charge < -0.3 is 10.6 Å². The largest absolute Gasteiger partial charge is 0.350 e. The van der Waals surface area contributed by atoms with Gasteiger partial charge in [0.05, 0.1) is 0 Å². The molecule has 28 heavy (non-hydrogen) atoms. The van der Waals surface area contributed by atoms with E-state index >= 15 is 0 Å². The van der Waals surface area contributed by atoms with E-state index in [2.05, 4.69) is 20.8 Å². The number of aromatic nitrogens is 2. The van der Waals surface area contributed by atoms with E-state index < -0.39 is 0 Å². The Labute approximate surface area is 168 Å². The molecule has 0 bridgehead atoms. The summed E-state index contributed by atoms with van der Waals surface area (Å²) >= 11 is 5.95. The molecule has 1 aromatic heterocycles. The van der Waals surface area contributed by atoms with E-state index in [1.54, 1.807) is 36.4 Å². The highest BCUT2D eigenvalue weighted by molar-refractivity contribution is 6.30. The molecule has 6 nitrogen and oxygen atoms in total. The van der Waals surface area contributed by atoms with Crippen molar-refractivity contribution in [2.24, 2.45) is 0 Å². The molecule has 2 aromatic carbocycles. The molecule has 0 aliphatic carbocycles. The Morgan fingerprint density at radius 2 is 1.79 bits per heavy atom. The van der Waals surface area contributed by atoms with Gasteiger partial charge in [-0.2, -0.15) is 0 Å². The molecule has 7 heteroatoms. The van der Waals surface area contributed by atoms with Crippen LogP contribution < -0.4 is 10.6 Å². The maximum absolute atomic E-state index is 12.2. The first-order valence-corrected chi connectivity index (χ1v) is 9.13. The van der Waals surface area contributed by atoms with Crippen LogP contribution in [0.3, 0.4) is 0 Å². The third-order valence-electron chi connectivity index (χ3n) is 4.05. The minimum Gasteiger partial charge on any atom is -0.350 e. The molecule has 0 saturated heterocycles. The van der Waals surface area contributed by atoms with Crippen LogP contribution in [0.25, 0.3) is 0 Å². The maximum atomic E-state index is 12.2. The molecule has 3 rings (SSSR count). The average molecular weight is 395 g/mol. The number of benzene rings is 2. The number of nitrogens with one attached hydrogen (secondary N) is 2. The summed E-state index contributed by atoms with van der Waals surface area (Å²) in [6, 6.07) is 17.9. The zero-order valence-corrected chi connectivity index (χ0v) is 16.0. The third kappa shape index (κ3) is 5.37. The number of halogens is 1. The highest BCUT2D eigenvalue weighted by atomic mass is 35.5. The van der Waals surface area contributed by atoms with Crippen LogP contribution >= 0.6 is 11.6 Å². The minimum atomic E-state index is -0.285. The van der Waals surface area contributed by atoms with Gasteiger partial charge in [-0.1, -0.05) is 23.7 Å². The number of hydrogen-bond donors (Lipinski definition) is 2. The van der Waals surface area contributed by atoms with Gasteiger partial charge in [0, 0.05) is 22.8 Å². The van der Waals surface area contributed by atoms with Crippen molar-refractivity contribution in [2.75, 3.05) is 11.9 Å². The first kappa shape index (κ1) is 19.5. The standard InChI is InChI=1S/C21H19ClN4O2/c1-14(27)16-5-7-18(8-6-16)24-20-10-9-19(25-26-20)21(28)23-12-11-15-3-2-4-17(22)13-15/h2-10,13H,11-12H2,1H3,(H,23,28)(H,24,26). The first-order chi connectivity index (χ1) is 13.5. The van der Waals surface area contributed by atoms with Crippen molar-refractivity contribution >= 4 is 34.8 Å². The van der Waals surface area contributed by atoms with E-state index in [4.69, 9.17) is 11.6 Å². The number of amides is 1. The van der Waals surface area contributed by atoms with Crippen LogP contribution in [0, 0.1) is 0 Å². The number of nitrogens with zero attached hydrogens (tertiary/aromatic N) is 2. The summed E-state index contributed by atoms with van der Waals surface area (Å²) in [5, 5.41) is 14.6. The predicted octanol–water partition coefficient (Wildman–Crippen LogP) is 4.05. The topological polar surface area (TPSA) is 84.0 Å². The SMILES string of the molecule is CC(=O)c1ccc(Nc2ccc(C(=O)NCCc3cccc(Cl)c3)nn2)cc1. The molecule has 3 aromatic rings. The number of anilines is 2. The van der Waals surface area contributed by atoms with E-state index in [9.17, 15) is 9.59 Å². The summed E-state index contributed by atoms with van der Waals surface area (Å²) in [5.41, 5.74) is 2.71. The van der Waals surface area contributed by atoms with Gasteiger partial charge in [0.15, 0.2) is 17.3 Å². The van der Waals surface area contributed by atoms with Crippen LogP contribution in [0.1, 0.15) is 33.3 Å². The molecule has 0 aliphatic heterocycles. The quantitative estimate of drug-likeness (QED) is 0.590. The van der Waals surface area contributed by atoms with E-state index in [1.165, 1.54) is 6.92 Å². The average Bonchev–Trinajstić information content (AvgIpc) is 2.69. The van der Waals surface area contributed by atoms with Crippen molar-refractivity contribution in [3.05, 3.63) is 82.5 Å². The molecule has 142 valence electrons. The lowest BCUT2D eigenvalue weighted by Crippen LogP contribution is -2.26. The second kappa shape index (κ2) is 9.10. The Morgan fingerprint density at radius 3 is 2.43 bits per heavy atom. The normalized spacial score (nSPS) is 10.4. The fourth-order valence-electron chi connectivity index (χ4n) is 2.56. The molecule has 0 radical (unpaired) electrons. The highest BCUT2D eigenvalue weighted by Crippen LogP contribution is 2.15. The molecular weight excluding hydrogens is 376 g/mol. The second-order valence-corrected chi connectivity index (χ2v) is 6.63. The predicted molar refractivity (Wildman–Crippen MR) is 109 cm³/mol. The Bertz CT molecular complexity index is 972. The van der Waals surface area contributed by atoms with Gasteiger partial charge in [-0.15, -0.1) is 10.2 Å². The van der Waals surface area contributed by atoms with Gasteiger partial charge in [-0.05, 0) is 67.4 Å². The van der Waals surface area contributed by atoms with Crippen LogP contribution in [0.4, 0.5) is 11.5 Å². The molecule has 0 atom stereocenters. The molecule has 1 heterocycles. The van der Waals surface area contributed by atoms with E-state index in [0.717, 1.165) is 11.3 Å². The minimum absolute atomic E-state index is 0.0112. The molecule has 0 saturated carbocycles. The highest BCUT2D eigenvalue weighted by Gasteiger charge is 2.08. The molecule has 1 amide bonds. The molecular formula is C21H19ClN4O2. The van der Waals surface area contributed by atoms with Crippen molar-refractivity contribution in [1.82, 2.24) is 15.5 Å². The number of hydrogen-bond acceptors (Lipinski definition) is 5. The fraction of sp³-hybridized carbons (Fsp3) is 0.143. The molecule has 0 unspecified atom stereocenters. The Hall–Kier alpha value is -3.25.